The van der Waals surface area contributed by atoms with Gasteiger partial charge in [0.1, 0.15) is 0 Å². The second-order valence-corrected chi connectivity index (χ2v) is 4.37. The van der Waals surface area contributed by atoms with Gasteiger partial charge in [0.05, 0.1) is 6.04 Å². The molecule has 17 heavy (non-hydrogen) atoms. The third-order valence-corrected chi connectivity index (χ3v) is 3.32. The third kappa shape index (κ3) is 2.34. The van der Waals surface area contributed by atoms with E-state index in [1.54, 1.807) is 0 Å². The van der Waals surface area contributed by atoms with E-state index in [1.807, 2.05) is 30.0 Å². The van der Waals surface area contributed by atoms with E-state index in [2.05, 4.69) is 18.3 Å². The van der Waals surface area contributed by atoms with Gasteiger partial charge in [-0.15, -0.1) is 0 Å². The Morgan fingerprint density at radius 1 is 1.35 bits per heavy atom. The lowest BCUT2D eigenvalue weighted by Crippen LogP contribution is -2.38. The van der Waals surface area contributed by atoms with Crippen molar-refractivity contribution < 1.29 is 4.79 Å². The molecule has 1 aliphatic heterocycles. The second kappa shape index (κ2) is 5.32. The maximum Gasteiger partial charge on any atom is 0.244 e. The zero-order valence-electron chi connectivity index (χ0n) is 10.6. The van der Waals surface area contributed by atoms with E-state index in [0.717, 1.165) is 31.6 Å². The molecular weight excluding hydrogens is 212 g/mol. The normalized spacial score (nSPS) is 20.0. The molecule has 3 heteroatoms. The Morgan fingerprint density at radius 2 is 2.12 bits per heavy atom. The van der Waals surface area contributed by atoms with Crippen molar-refractivity contribution in [2.24, 2.45) is 0 Å². The molecule has 1 unspecified atom stereocenters. The van der Waals surface area contributed by atoms with Crippen molar-refractivity contribution in [1.82, 2.24) is 5.32 Å². The average Bonchev–Trinajstić information content (AvgIpc) is 2.72. The Morgan fingerprint density at radius 3 is 2.82 bits per heavy atom. The van der Waals surface area contributed by atoms with Gasteiger partial charge in [0, 0.05) is 12.2 Å². The highest BCUT2D eigenvalue weighted by Crippen LogP contribution is 2.25. The number of carbonyl (C=O) groups excluding carboxylic acids is 1. The van der Waals surface area contributed by atoms with E-state index < -0.39 is 0 Å². The predicted molar refractivity (Wildman–Crippen MR) is 70.3 cm³/mol. The van der Waals surface area contributed by atoms with E-state index in [4.69, 9.17) is 0 Å². The molecule has 2 rings (SSSR count). The van der Waals surface area contributed by atoms with Crippen molar-refractivity contribution in [3.8, 4) is 0 Å². The van der Waals surface area contributed by atoms with Gasteiger partial charge in [-0.2, -0.15) is 0 Å². The summed E-state index contributed by atoms with van der Waals surface area (Å²) < 4.78 is 0. The fourth-order valence-corrected chi connectivity index (χ4v) is 2.43. The molecule has 1 fully saturated rings. The first-order valence-corrected chi connectivity index (χ1v) is 6.40. The van der Waals surface area contributed by atoms with E-state index in [1.165, 1.54) is 5.56 Å². The summed E-state index contributed by atoms with van der Waals surface area (Å²) in [6, 6.07) is 8.19. The first-order chi connectivity index (χ1) is 8.27. The van der Waals surface area contributed by atoms with E-state index in [9.17, 15) is 4.79 Å². The number of likely N-dealkylation sites (N-methyl/N-ethyl adjacent to an activating group) is 1. The van der Waals surface area contributed by atoms with Gasteiger partial charge in [0.2, 0.25) is 5.91 Å². The number of hydrogen-bond acceptors (Lipinski definition) is 2. The van der Waals surface area contributed by atoms with E-state index in [0.29, 0.717) is 0 Å². The number of nitrogens with zero attached hydrogens (tertiary/aromatic N) is 1. The molecule has 0 spiro atoms. The Labute approximate surface area is 103 Å². The number of rotatable bonds is 4. The Hall–Kier alpha value is -1.35. The summed E-state index contributed by atoms with van der Waals surface area (Å²) in [6.45, 7) is 5.84. The Bertz CT molecular complexity index is 403. The minimum absolute atomic E-state index is 0.00455. The molecule has 1 heterocycles. The molecule has 1 atom stereocenters. The van der Waals surface area contributed by atoms with Crippen LogP contribution in [-0.4, -0.2) is 25.0 Å². The summed E-state index contributed by atoms with van der Waals surface area (Å²) in [6.07, 6.45) is 1.87. The highest BCUT2D eigenvalue weighted by Gasteiger charge is 2.32. The molecule has 0 aromatic heterocycles. The van der Waals surface area contributed by atoms with Gasteiger partial charge in [-0.25, -0.2) is 0 Å². The summed E-state index contributed by atoms with van der Waals surface area (Å²) in [5.41, 5.74) is 2.33. The van der Waals surface area contributed by atoms with Crippen molar-refractivity contribution in [1.29, 1.82) is 0 Å². The van der Waals surface area contributed by atoms with Crippen LogP contribution >= 0.6 is 0 Å². The first-order valence-electron chi connectivity index (χ1n) is 6.40. The molecule has 0 saturated carbocycles. The van der Waals surface area contributed by atoms with Crippen LogP contribution in [0.3, 0.4) is 0 Å². The third-order valence-electron chi connectivity index (χ3n) is 3.32. The molecule has 0 radical (unpaired) electrons. The Kier molecular flexibility index (Phi) is 3.79. The maximum absolute atomic E-state index is 12.2. The van der Waals surface area contributed by atoms with Crippen LogP contribution in [0, 0.1) is 0 Å². The van der Waals surface area contributed by atoms with Crippen molar-refractivity contribution in [3.63, 3.8) is 0 Å². The molecule has 0 aliphatic carbocycles. The van der Waals surface area contributed by atoms with Gasteiger partial charge < -0.3 is 10.2 Å². The number of benzene rings is 1. The van der Waals surface area contributed by atoms with Crippen LogP contribution in [-0.2, 0) is 11.2 Å². The number of amides is 1. The van der Waals surface area contributed by atoms with E-state index in [-0.39, 0.29) is 11.9 Å². The molecule has 1 saturated heterocycles. The fourth-order valence-electron chi connectivity index (χ4n) is 2.43. The first kappa shape index (κ1) is 12.1. The standard InChI is InChI=1S/C14H20N2O/c1-3-11-7-5-6-8-13(11)16-10-9-12(14(16)17)15-4-2/h5-8,12,15H,3-4,9-10H2,1-2H3. The monoisotopic (exact) mass is 232 g/mol. The fraction of sp³-hybridized carbons (Fsp3) is 0.500. The van der Waals surface area contributed by atoms with Crippen molar-refractivity contribution >= 4 is 11.6 Å². The molecule has 1 N–H and O–H groups in total. The molecule has 3 nitrogen and oxygen atoms in total. The zero-order valence-corrected chi connectivity index (χ0v) is 10.6. The van der Waals surface area contributed by atoms with Crippen LogP contribution in [0.1, 0.15) is 25.8 Å². The molecule has 1 aromatic carbocycles. The van der Waals surface area contributed by atoms with Gasteiger partial charge in [-0.1, -0.05) is 32.0 Å². The van der Waals surface area contributed by atoms with Crippen molar-refractivity contribution in [2.75, 3.05) is 18.0 Å². The SMILES string of the molecule is CCNC1CCN(c2ccccc2CC)C1=O. The van der Waals surface area contributed by atoms with Gasteiger partial charge in [-0.3, -0.25) is 4.79 Å². The van der Waals surface area contributed by atoms with Crippen molar-refractivity contribution in [2.45, 2.75) is 32.7 Å². The summed E-state index contributed by atoms with van der Waals surface area (Å²) in [5, 5.41) is 3.24. The molecule has 0 bridgehead atoms. The van der Waals surface area contributed by atoms with Crippen LogP contribution in [0.25, 0.3) is 0 Å². The van der Waals surface area contributed by atoms with Crippen molar-refractivity contribution in [3.05, 3.63) is 29.8 Å². The highest BCUT2D eigenvalue weighted by molar-refractivity contribution is 6.00. The highest BCUT2D eigenvalue weighted by atomic mass is 16.2. The number of para-hydroxylation sites is 1. The second-order valence-electron chi connectivity index (χ2n) is 4.37. The number of nitrogens with one attached hydrogen (secondary N) is 1. The van der Waals surface area contributed by atoms with Gasteiger partial charge in [-0.05, 0) is 31.0 Å². The van der Waals surface area contributed by atoms with E-state index >= 15 is 0 Å². The lowest BCUT2D eigenvalue weighted by molar-refractivity contribution is -0.118. The lowest BCUT2D eigenvalue weighted by Gasteiger charge is -2.20. The number of carbonyl (C=O) groups is 1. The summed E-state index contributed by atoms with van der Waals surface area (Å²) in [7, 11) is 0. The molecular formula is C14H20N2O. The molecule has 1 amide bonds. The summed E-state index contributed by atoms with van der Waals surface area (Å²) in [5.74, 6) is 0.216. The predicted octanol–water partition coefficient (Wildman–Crippen LogP) is 1.96. The minimum atomic E-state index is 0.00455. The largest absolute Gasteiger partial charge is 0.311 e. The zero-order chi connectivity index (χ0) is 12.3. The molecule has 92 valence electrons. The Balaban J connectivity index is 2.21. The smallest absolute Gasteiger partial charge is 0.244 e. The topological polar surface area (TPSA) is 32.3 Å². The van der Waals surface area contributed by atoms with Gasteiger partial charge in [0.15, 0.2) is 0 Å². The number of anilines is 1. The van der Waals surface area contributed by atoms with Crippen LogP contribution in [0.2, 0.25) is 0 Å². The minimum Gasteiger partial charge on any atom is -0.311 e. The van der Waals surface area contributed by atoms with Crippen LogP contribution in [0.15, 0.2) is 24.3 Å². The van der Waals surface area contributed by atoms with Crippen LogP contribution in [0.4, 0.5) is 5.69 Å². The van der Waals surface area contributed by atoms with Gasteiger partial charge >= 0.3 is 0 Å². The van der Waals surface area contributed by atoms with Gasteiger partial charge in [0.25, 0.3) is 0 Å². The molecule has 1 aromatic rings. The average molecular weight is 232 g/mol. The quantitative estimate of drug-likeness (QED) is 0.860. The molecule has 1 aliphatic rings. The maximum atomic E-state index is 12.2. The summed E-state index contributed by atoms with van der Waals surface area (Å²) >= 11 is 0. The van der Waals surface area contributed by atoms with Crippen LogP contribution in [0.5, 0.6) is 0 Å². The number of hydrogen-bond donors (Lipinski definition) is 1. The lowest BCUT2D eigenvalue weighted by atomic mass is 10.1. The summed E-state index contributed by atoms with van der Waals surface area (Å²) in [4.78, 5) is 14.2. The number of aryl methyl sites for hydroxylation is 1. The van der Waals surface area contributed by atoms with Crippen LogP contribution < -0.4 is 10.2 Å².